The van der Waals surface area contributed by atoms with Gasteiger partial charge in [0.2, 0.25) is 0 Å². The van der Waals surface area contributed by atoms with Gasteiger partial charge in [-0.15, -0.1) is 0 Å². The van der Waals surface area contributed by atoms with Crippen LogP contribution in [0.3, 0.4) is 0 Å². The molecule has 0 bridgehead atoms. The van der Waals surface area contributed by atoms with Crippen molar-refractivity contribution in [2.75, 3.05) is 11.8 Å². The standard InChI is InChI=1S/C21H16N2O7S/c1-12-19(21(24)29-2)17-11-18(15-8-3-4-9-16(15)20(17)30-12)22-31(27,28)14-7-5-6-13(10-14)23(25)26/h3-11,22H,1-2H3. The summed E-state index contributed by atoms with van der Waals surface area (Å²) in [5.74, 6) is -0.273. The molecule has 10 heteroatoms. The third kappa shape index (κ3) is 3.46. The number of methoxy groups -OCH3 is 1. The summed E-state index contributed by atoms with van der Waals surface area (Å²) in [6, 6.07) is 13.2. The molecule has 1 N–H and O–H groups in total. The molecule has 1 aromatic heterocycles. The van der Waals surface area contributed by atoms with Crippen LogP contribution in [0.25, 0.3) is 21.7 Å². The normalized spacial score (nSPS) is 11.5. The van der Waals surface area contributed by atoms with Crippen LogP contribution in [0.15, 0.2) is 63.9 Å². The Labute approximate surface area is 176 Å². The van der Waals surface area contributed by atoms with Gasteiger partial charge in [-0.25, -0.2) is 13.2 Å². The van der Waals surface area contributed by atoms with Crippen LogP contribution in [0.2, 0.25) is 0 Å². The molecule has 0 atom stereocenters. The molecule has 9 nitrogen and oxygen atoms in total. The van der Waals surface area contributed by atoms with Crippen LogP contribution in [-0.2, 0) is 14.8 Å². The summed E-state index contributed by atoms with van der Waals surface area (Å²) in [6.07, 6.45) is 0. The van der Waals surface area contributed by atoms with E-state index in [2.05, 4.69) is 4.72 Å². The maximum absolute atomic E-state index is 13.0. The van der Waals surface area contributed by atoms with Crippen LogP contribution < -0.4 is 4.72 Å². The molecular weight excluding hydrogens is 424 g/mol. The van der Waals surface area contributed by atoms with E-state index in [9.17, 15) is 23.3 Å². The molecule has 0 aliphatic rings. The van der Waals surface area contributed by atoms with E-state index in [1.807, 2.05) is 0 Å². The Morgan fingerprint density at radius 1 is 1.06 bits per heavy atom. The number of nitrogens with one attached hydrogen (secondary N) is 1. The molecule has 3 aromatic carbocycles. The number of nitro groups is 1. The molecule has 0 aliphatic heterocycles. The van der Waals surface area contributed by atoms with Gasteiger partial charge in [0.05, 0.1) is 22.6 Å². The average molecular weight is 440 g/mol. The molecule has 0 aliphatic carbocycles. The number of fused-ring (bicyclic) bond motifs is 3. The summed E-state index contributed by atoms with van der Waals surface area (Å²) < 4.78 is 39.1. The summed E-state index contributed by atoms with van der Waals surface area (Å²) in [4.78, 5) is 22.4. The molecule has 1 heterocycles. The minimum absolute atomic E-state index is 0.194. The lowest BCUT2D eigenvalue weighted by atomic mass is 10.0. The van der Waals surface area contributed by atoms with Crippen molar-refractivity contribution in [3.63, 3.8) is 0 Å². The third-order valence-corrected chi connectivity index (χ3v) is 6.21. The maximum Gasteiger partial charge on any atom is 0.342 e. The van der Waals surface area contributed by atoms with E-state index in [1.54, 1.807) is 31.2 Å². The molecule has 4 rings (SSSR count). The van der Waals surface area contributed by atoms with E-state index in [1.165, 1.54) is 31.4 Å². The predicted molar refractivity (Wildman–Crippen MR) is 114 cm³/mol. The summed E-state index contributed by atoms with van der Waals surface area (Å²) in [6.45, 7) is 1.62. The molecule has 0 fully saturated rings. The van der Waals surface area contributed by atoms with Gasteiger partial charge in [-0.1, -0.05) is 30.3 Å². The number of carbonyl (C=O) groups excluding carboxylic acids is 1. The molecule has 0 saturated carbocycles. The molecule has 31 heavy (non-hydrogen) atoms. The minimum Gasteiger partial charge on any atom is -0.465 e. The Bertz CT molecular complexity index is 1470. The number of aryl methyl sites for hydroxylation is 1. The number of benzene rings is 3. The molecule has 0 spiro atoms. The fraction of sp³-hybridized carbons (Fsp3) is 0.0952. The number of nitro benzene ring substituents is 1. The van der Waals surface area contributed by atoms with E-state index in [0.29, 0.717) is 27.5 Å². The predicted octanol–water partition coefficient (Wildman–Crippen LogP) is 4.39. The van der Waals surface area contributed by atoms with Crippen molar-refractivity contribution in [2.24, 2.45) is 0 Å². The first-order chi connectivity index (χ1) is 14.7. The lowest BCUT2D eigenvalue weighted by Gasteiger charge is -2.12. The van der Waals surface area contributed by atoms with Gasteiger partial charge in [0.25, 0.3) is 15.7 Å². The Hall–Kier alpha value is -3.92. The first kappa shape index (κ1) is 20.4. The molecule has 0 amide bonds. The minimum atomic E-state index is -4.16. The van der Waals surface area contributed by atoms with E-state index >= 15 is 0 Å². The lowest BCUT2D eigenvalue weighted by molar-refractivity contribution is -0.385. The van der Waals surface area contributed by atoms with Crippen LogP contribution in [0.4, 0.5) is 11.4 Å². The Morgan fingerprint density at radius 3 is 2.45 bits per heavy atom. The fourth-order valence-electron chi connectivity index (χ4n) is 3.45. The van der Waals surface area contributed by atoms with Gasteiger partial charge in [0, 0.05) is 28.3 Å². The number of hydrogen-bond acceptors (Lipinski definition) is 7. The number of nitrogens with zero attached hydrogens (tertiary/aromatic N) is 1. The molecule has 4 aromatic rings. The second kappa shape index (κ2) is 7.40. The van der Waals surface area contributed by atoms with Crippen molar-refractivity contribution in [1.29, 1.82) is 0 Å². The van der Waals surface area contributed by atoms with Crippen molar-refractivity contribution in [3.05, 3.63) is 76.0 Å². The highest BCUT2D eigenvalue weighted by Gasteiger charge is 2.24. The number of rotatable bonds is 5. The van der Waals surface area contributed by atoms with Crippen molar-refractivity contribution < 1.29 is 27.3 Å². The zero-order chi connectivity index (χ0) is 22.3. The summed E-state index contributed by atoms with van der Waals surface area (Å²) in [7, 11) is -2.92. The monoisotopic (exact) mass is 440 g/mol. The van der Waals surface area contributed by atoms with Gasteiger partial charge in [-0.3, -0.25) is 14.8 Å². The number of hydrogen-bond donors (Lipinski definition) is 1. The number of anilines is 1. The highest BCUT2D eigenvalue weighted by atomic mass is 32.2. The van der Waals surface area contributed by atoms with Crippen molar-refractivity contribution in [3.8, 4) is 0 Å². The van der Waals surface area contributed by atoms with Gasteiger partial charge in [-0.05, 0) is 19.1 Å². The first-order valence-corrected chi connectivity index (χ1v) is 10.5. The zero-order valence-corrected chi connectivity index (χ0v) is 17.2. The number of esters is 1. The quantitative estimate of drug-likeness (QED) is 0.277. The van der Waals surface area contributed by atoms with Crippen LogP contribution in [-0.4, -0.2) is 26.4 Å². The van der Waals surface area contributed by atoms with Gasteiger partial charge in [-0.2, -0.15) is 0 Å². The molecular formula is C21H16N2O7S. The van der Waals surface area contributed by atoms with E-state index in [0.717, 1.165) is 6.07 Å². The van der Waals surface area contributed by atoms with E-state index < -0.39 is 20.9 Å². The van der Waals surface area contributed by atoms with Crippen molar-refractivity contribution in [2.45, 2.75) is 11.8 Å². The molecule has 0 saturated heterocycles. The smallest absolute Gasteiger partial charge is 0.342 e. The van der Waals surface area contributed by atoms with Crippen molar-refractivity contribution >= 4 is 49.1 Å². The molecule has 0 unspecified atom stereocenters. The summed E-state index contributed by atoms with van der Waals surface area (Å²) in [5, 5.41) is 12.5. The maximum atomic E-state index is 13.0. The Kier molecular flexibility index (Phi) is 4.86. The van der Waals surface area contributed by atoms with Gasteiger partial charge in [0.1, 0.15) is 16.9 Å². The highest BCUT2D eigenvalue weighted by Crippen LogP contribution is 2.37. The Morgan fingerprint density at radius 2 is 1.77 bits per heavy atom. The second-order valence-corrected chi connectivity index (χ2v) is 8.41. The van der Waals surface area contributed by atoms with Crippen LogP contribution in [0.1, 0.15) is 16.1 Å². The summed E-state index contributed by atoms with van der Waals surface area (Å²) in [5.41, 5.74) is 0.466. The first-order valence-electron chi connectivity index (χ1n) is 9.03. The molecule has 158 valence electrons. The topological polar surface area (TPSA) is 129 Å². The van der Waals surface area contributed by atoms with Gasteiger partial charge < -0.3 is 9.15 Å². The number of carbonyl (C=O) groups is 1. The SMILES string of the molecule is COC(=O)c1c(C)oc2c1cc(NS(=O)(=O)c1cccc([N+](=O)[O-])c1)c1ccccc12. The van der Waals surface area contributed by atoms with Crippen molar-refractivity contribution in [1.82, 2.24) is 0 Å². The third-order valence-electron chi connectivity index (χ3n) is 4.84. The van der Waals surface area contributed by atoms with Gasteiger partial charge >= 0.3 is 5.97 Å². The van der Waals surface area contributed by atoms with E-state index in [-0.39, 0.29) is 21.8 Å². The van der Waals surface area contributed by atoms with Crippen LogP contribution in [0.5, 0.6) is 0 Å². The van der Waals surface area contributed by atoms with Crippen LogP contribution in [0, 0.1) is 17.0 Å². The lowest BCUT2D eigenvalue weighted by Crippen LogP contribution is -2.13. The number of furan rings is 1. The summed E-state index contributed by atoms with van der Waals surface area (Å²) >= 11 is 0. The second-order valence-electron chi connectivity index (χ2n) is 6.73. The van der Waals surface area contributed by atoms with E-state index in [4.69, 9.17) is 9.15 Å². The molecule has 0 radical (unpaired) electrons. The largest absolute Gasteiger partial charge is 0.465 e. The zero-order valence-electron chi connectivity index (χ0n) is 16.4. The van der Waals surface area contributed by atoms with Gasteiger partial charge in [0.15, 0.2) is 0 Å². The Balaban J connectivity index is 1.93. The number of sulfonamides is 1. The number of non-ortho nitro benzene ring substituents is 1. The fourth-order valence-corrected chi connectivity index (χ4v) is 4.56. The van der Waals surface area contributed by atoms with Crippen LogP contribution >= 0.6 is 0 Å². The number of ether oxygens (including phenoxy) is 1. The highest BCUT2D eigenvalue weighted by molar-refractivity contribution is 7.92. The average Bonchev–Trinajstić information content (AvgIpc) is 3.09.